The molecule has 0 spiro atoms. The van der Waals surface area contributed by atoms with Crippen LogP contribution in [0.3, 0.4) is 0 Å². The first-order valence-electron chi connectivity index (χ1n) is 6.24. The number of carbonyl (C=O) groups excluding carboxylic acids is 1. The minimum Gasteiger partial charge on any atom is -0.465 e. The topological polar surface area (TPSA) is 26.3 Å². The molecule has 0 fully saturated rings. The largest absolute Gasteiger partial charge is 0.465 e. The first-order chi connectivity index (χ1) is 7.07. The zero-order valence-corrected chi connectivity index (χ0v) is 10.7. The number of hydrogen-bond donors (Lipinski definition) is 0. The molecule has 0 aromatic rings. The molecule has 0 N–H and O–H groups in total. The molecule has 0 heterocycles. The summed E-state index contributed by atoms with van der Waals surface area (Å²) in [5, 5.41) is 0. The zero-order valence-electron chi connectivity index (χ0n) is 10.7. The monoisotopic (exact) mass is 214 g/mol. The van der Waals surface area contributed by atoms with Gasteiger partial charge in [-0.3, -0.25) is 4.79 Å². The van der Waals surface area contributed by atoms with Crippen LogP contribution < -0.4 is 0 Å². The predicted molar refractivity (Wildman–Crippen MR) is 63.7 cm³/mol. The van der Waals surface area contributed by atoms with E-state index >= 15 is 0 Å². The highest BCUT2D eigenvalue weighted by atomic mass is 16.5. The molecule has 0 radical (unpaired) electrons. The smallest absolute Gasteiger partial charge is 0.308 e. The molecule has 1 atom stereocenters. The van der Waals surface area contributed by atoms with Crippen LogP contribution in [-0.4, -0.2) is 12.6 Å². The van der Waals surface area contributed by atoms with Crippen molar-refractivity contribution < 1.29 is 9.53 Å². The third-order valence-electron chi connectivity index (χ3n) is 2.47. The molecular formula is C13H26O2. The molecule has 0 aliphatic rings. The Hall–Kier alpha value is -0.530. The van der Waals surface area contributed by atoms with Gasteiger partial charge in [-0.25, -0.2) is 0 Å². The summed E-state index contributed by atoms with van der Waals surface area (Å²) in [4.78, 5) is 11.5. The van der Waals surface area contributed by atoms with Crippen molar-refractivity contribution in [3.8, 4) is 0 Å². The molecule has 0 aromatic carbocycles. The third-order valence-corrected chi connectivity index (χ3v) is 2.47. The van der Waals surface area contributed by atoms with E-state index in [2.05, 4.69) is 20.8 Å². The molecule has 15 heavy (non-hydrogen) atoms. The molecule has 0 bridgehead atoms. The molecule has 0 saturated heterocycles. The van der Waals surface area contributed by atoms with Gasteiger partial charge >= 0.3 is 5.97 Å². The lowest BCUT2D eigenvalue weighted by Gasteiger charge is -2.13. The summed E-state index contributed by atoms with van der Waals surface area (Å²) >= 11 is 0. The first-order valence-corrected chi connectivity index (χ1v) is 6.24. The Morgan fingerprint density at radius 1 is 1.13 bits per heavy atom. The molecule has 0 aromatic heterocycles. The normalized spacial score (nSPS) is 12.9. The van der Waals surface area contributed by atoms with Gasteiger partial charge in [0.15, 0.2) is 0 Å². The van der Waals surface area contributed by atoms with Crippen LogP contribution in [0.15, 0.2) is 0 Å². The van der Waals surface area contributed by atoms with Gasteiger partial charge in [0.1, 0.15) is 0 Å². The molecule has 1 unspecified atom stereocenters. The maximum absolute atomic E-state index is 11.5. The molecule has 0 saturated carbocycles. The predicted octanol–water partition coefficient (Wildman–Crippen LogP) is 3.79. The van der Waals surface area contributed by atoms with E-state index in [1.807, 2.05) is 6.92 Å². The highest BCUT2D eigenvalue weighted by molar-refractivity contribution is 5.71. The summed E-state index contributed by atoms with van der Waals surface area (Å²) in [7, 11) is 0. The lowest BCUT2D eigenvalue weighted by atomic mass is 9.99. The van der Waals surface area contributed by atoms with Crippen LogP contribution in [0.4, 0.5) is 0 Å². The van der Waals surface area contributed by atoms with Gasteiger partial charge in [0, 0.05) is 0 Å². The van der Waals surface area contributed by atoms with Crippen LogP contribution in [0, 0.1) is 11.8 Å². The van der Waals surface area contributed by atoms with E-state index in [4.69, 9.17) is 4.74 Å². The van der Waals surface area contributed by atoms with E-state index in [0.717, 1.165) is 12.8 Å². The van der Waals surface area contributed by atoms with Gasteiger partial charge in [-0.05, 0) is 18.8 Å². The first kappa shape index (κ1) is 14.5. The van der Waals surface area contributed by atoms with Crippen molar-refractivity contribution in [2.24, 2.45) is 11.8 Å². The molecular weight excluding hydrogens is 188 g/mol. The van der Waals surface area contributed by atoms with Crippen LogP contribution in [0.25, 0.3) is 0 Å². The second-order valence-corrected chi connectivity index (χ2v) is 4.76. The lowest BCUT2D eigenvalue weighted by molar-refractivity contribution is -0.148. The Balaban J connectivity index is 3.47. The van der Waals surface area contributed by atoms with Crippen molar-refractivity contribution in [3.05, 3.63) is 0 Å². The van der Waals surface area contributed by atoms with E-state index in [0.29, 0.717) is 12.5 Å². The molecule has 2 nitrogen and oxygen atoms in total. The highest BCUT2D eigenvalue weighted by Crippen LogP contribution is 2.12. The SMILES string of the molecule is CCCCCCOC(=O)C(C)CC(C)C. The Kier molecular flexibility index (Phi) is 8.44. The standard InChI is InChI=1S/C13H26O2/c1-5-6-7-8-9-15-13(14)12(4)10-11(2)3/h11-12H,5-10H2,1-4H3. The van der Waals surface area contributed by atoms with Gasteiger partial charge in [0.25, 0.3) is 0 Å². The number of esters is 1. The third kappa shape index (κ3) is 8.46. The zero-order chi connectivity index (χ0) is 11.7. The molecule has 0 aliphatic heterocycles. The van der Waals surface area contributed by atoms with Crippen LogP contribution >= 0.6 is 0 Å². The number of rotatable bonds is 8. The van der Waals surface area contributed by atoms with Gasteiger partial charge in [0.05, 0.1) is 12.5 Å². The fourth-order valence-corrected chi connectivity index (χ4v) is 1.65. The molecule has 90 valence electrons. The van der Waals surface area contributed by atoms with Crippen molar-refractivity contribution in [2.45, 2.75) is 59.8 Å². The minimum atomic E-state index is -0.0276. The lowest BCUT2D eigenvalue weighted by Crippen LogP contribution is -2.17. The van der Waals surface area contributed by atoms with Crippen LogP contribution in [-0.2, 0) is 9.53 Å². The van der Waals surface area contributed by atoms with Crippen molar-refractivity contribution in [3.63, 3.8) is 0 Å². The van der Waals surface area contributed by atoms with Gasteiger partial charge < -0.3 is 4.74 Å². The van der Waals surface area contributed by atoms with Crippen LogP contribution in [0.2, 0.25) is 0 Å². The van der Waals surface area contributed by atoms with Crippen molar-refractivity contribution in [2.75, 3.05) is 6.61 Å². The fraction of sp³-hybridized carbons (Fsp3) is 0.923. The van der Waals surface area contributed by atoms with E-state index in [1.165, 1.54) is 19.3 Å². The van der Waals surface area contributed by atoms with E-state index < -0.39 is 0 Å². The maximum Gasteiger partial charge on any atom is 0.308 e. The summed E-state index contributed by atoms with van der Waals surface area (Å²) in [6.07, 6.45) is 5.56. The summed E-state index contributed by atoms with van der Waals surface area (Å²) < 4.78 is 5.21. The van der Waals surface area contributed by atoms with E-state index in [1.54, 1.807) is 0 Å². The average Bonchev–Trinajstić information content (AvgIpc) is 2.16. The number of carbonyl (C=O) groups is 1. The number of hydrogen-bond acceptors (Lipinski definition) is 2. The molecule has 0 amide bonds. The van der Waals surface area contributed by atoms with Gasteiger partial charge in [-0.1, -0.05) is 47.0 Å². The van der Waals surface area contributed by atoms with Crippen LogP contribution in [0.1, 0.15) is 59.8 Å². The van der Waals surface area contributed by atoms with Crippen molar-refractivity contribution in [1.29, 1.82) is 0 Å². The van der Waals surface area contributed by atoms with Gasteiger partial charge in [-0.2, -0.15) is 0 Å². The van der Waals surface area contributed by atoms with Gasteiger partial charge in [-0.15, -0.1) is 0 Å². The van der Waals surface area contributed by atoms with E-state index in [9.17, 15) is 4.79 Å². The summed E-state index contributed by atoms with van der Waals surface area (Å²) in [6.45, 7) is 8.99. The fourth-order valence-electron chi connectivity index (χ4n) is 1.65. The summed E-state index contributed by atoms with van der Waals surface area (Å²) in [6, 6.07) is 0. The summed E-state index contributed by atoms with van der Waals surface area (Å²) in [5.74, 6) is 0.587. The Bertz CT molecular complexity index is 164. The van der Waals surface area contributed by atoms with E-state index in [-0.39, 0.29) is 11.9 Å². The minimum absolute atomic E-state index is 0.0276. The van der Waals surface area contributed by atoms with Crippen molar-refractivity contribution >= 4 is 5.97 Å². The quantitative estimate of drug-likeness (QED) is 0.454. The van der Waals surface area contributed by atoms with Crippen molar-refractivity contribution in [1.82, 2.24) is 0 Å². The molecule has 2 heteroatoms. The molecule has 0 aliphatic carbocycles. The number of unbranched alkanes of at least 4 members (excludes halogenated alkanes) is 3. The maximum atomic E-state index is 11.5. The Labute approximate surface area is 94.4 Å². The van der Waals surface area contributed by atoms with Gasteiger partial charge in [0.2, 0.25) is 0 Å². The Morgan fingerprint density at radius 2 is 1.80 bits per heavy atom. The number of ether oxygens (including phenoxy) is 1. The average molecular weight is 214 g/mol. The molecule has 0 rings (SSSR count). The second kappa shape index (κ2) is 8.75. The highest BCUT2D eigenvalue weighted by Gasteiger charge is 2.15. The Morgan fingerprint density at radius 3 is 2.33 bits per heavy atom. The summed E-state index contributed by atoms with van der Waals surface area (Å²) in [5.41, 5.74) is 0. The van der Waals surface area contributed by atoms with Crippen LogP contribution in [0.5, 0.6) is 0 Å². The second-order valence-electron chi connectivity index (χ2n) is 4.76.